The van der Waals surface area contributed by atoms with Crippen molar-refractivity contribution in [2.75, 3.05) is 5.32 Å². The quantitative estimate of drug-likeness (QED) is 0.725. The van der Waals surface area contributed by atoms with E-state index in [1.165, 1.54) is 48.7 Å². The molecular weight excluding hydrogens is 352 g/mol. The van der Waals surface area contributed by atoms with Gasteiger partial charge in [0.05, 0.1) is 0 Å². The van der Waals surface area contributed by atoms with Gasteiger partial charge in [-0.1, -0.05) is 18.2 Å². The Kier molecular flexibility index (Phi) is 5.51. The van der Waals surface area contributed by atoms with Crippen molar-refractivity contribution in [2.45, 2.75) is 6.54 Å². The van der Waals surface area contributed by atoms with E-state index in [0.29, 0.717) is 11.3 Å². The molecule has 2 aromatic carbocycles. The molecule has 0 aliphatic heterocycles. The third-order valence-corrected chi connectivity index (χ3v) is 3.75. The van der Waals surface area contributed by atoms with Crippen LogP contribution in [0.5, 0.6) is 0 Å². The standard InChI is InChI=1S/C20H15F2N3O2/c21-15-5-7-16(8-6-15)25-19(26)13-9-10-23-18(11-13)20(27)24-12-14-3-1-2-4-17(14)22/h1-11H,12H2,(H,24,27)(H,25,26). The van der Waals surface area contributed by atoms with Crippen LogP contribution in [-0.4, -0.2) is 16.8 Å². The highest BCUT2D eigenvalue weighted by molar-refractivity contribution is 6.05. The molecule has 0 aliphatic rings. The third kappa shape index (κ3) is 4.72. The van der Waals surface area contributed by atoms with Gasteiger partial charge in [0.2, 0.25) is 0 Å². The second-order valence-corrected chi connectivity index (χ2v) is 5.66. The molecule has 5 nitrogen and oxygen atoms in total. The summed E-state index contributed by atoms with van der Waals surface area (Å²) in [5, 5.41) is 5.17. The van der Waals surface area contributed by atoms with E-state index in [1.54, 1.807) is 18.2 Å². The minimum atomic E-state index is -0.533. The van der Waals surface area contributed by atoms with Crippen molar-refractivity contribution in [3.8, 4) is 0 Å². The zero-order valence-corrected chi connectivity index (χ0v) is 14.1. The van der Waals surface area contributed by atoms with E-state index in [9.17, 15) is 18.4 Å². The number of carbonyl (C=O) groups excluding carboxylic acids is 2. The number of halogens is 2. The Morgan fingerprint density at radius 3 is 2.41 bits per heavy atom. The number of carbonyl (C=O) groups is 2. The van der Waals surface area contributed by atoms with Gasteiger partial charge >= 0.3 is 0 Å². The van der Waals surface area contributed by atoms with Crippen LogP contribution in [0.15, 0.2) is 66.9 Å². The maximum atomic E-state index is 13.6. The van der Waals surface area contributed by atoms with E-state index < -0.39 is 23.4 Å². The Bertz CT molecular complexity index is 975. The fraction of sp³-hybridized carbons (Fsp3) is 0.0500. The Hall–Kier alpha value is -3.61. The first-order valence-electron chi connectivity index (χ1n) is 8.07. The van der Waals surface area contributed by atoms with Crippen molar-refractivity contribution in [2.24, 2.45) is 0 Å². The molecule has 136 valence electrons. The lowest BCUT2D eigenvalue weighted by molar-refractivity contribution is 0.0945. The first-order valence-corrected chi connectivity index (χ1v) is 8.07. The van der Waals surface area contributed by atoms with E-state index in [1.807, 2.05) is 0 Å². The number of hydrogen-bond donors (Lipinski definition) is 2. The van der Waals surface area contributed by atoms with Crippen LogP contribution in [0.3, 0.4) is 0 Å². The highest BCUT2D eigenvalue weighted by Gasteiger charge is 2.13. The second-order valence-electron chi connectivity index (χ2n) is 5.66. The van der Waals surface area contributed by atoms with Crippen molar-refractivity contribution < 1.29 is 18.4 Å². The Morgan fingerprint density at radius 1 is 0.926 bits per heavy atom. The van der Waals surface area contributed by atoms with Crippen LogP contribution >= 0.6 is 0 Å². The largest absolute Gasteiger partial charge is 0.347 e. The minimum absolute atomic E-state index is 0.000803. The molecule has 0 spiro atoms. The summed E-state index contributed by atoms with van der Waals surface area (Å²) in [4.78, 5) is 28.5. The summed E-state index contributed by atoms with van der Waals surface area (Å²) < 4.78 is 26.5. The summed E-state index contributed by atoms with van der Waals surface area (Å²) in [6, 6.07) is 14.2. The molecule has 0 saturated carbocycles. The molecule has 0 unspecified atom stereocenters. The van der Waals surface area contributed by atoms with Crippen LogP contribution in [0, 0.1) is 11.6 Å². The van der Waals surface area contributed by atoms with Crippen molar-refractivity contribution in [1.29, 1.82) is 0 Å². The highest BCUT2D eigenvalue weighted by atomic mass is 19.1. The molecule has 3 aromatic rings. The summed E-state index contributed by atoms with van der Waals surface area (Å²) in [5.74, 6) is -1.83. The zero-order chi connectivity index (χ0) is 19.2. The van der Waals surface area contributed by atoms with Gasteiger partial charge in [0.1, 0.15) is 17.3 Å². The number of benzene rings is 2. The lowest BCUT2D eigenvalue weighted by Gasteiger charge is -2.08. The van der Waals surface area contributed by atoms with Crippen LogP contribution in [0.1, 0.15) is 26.4 Å². The van der Waals surface area contributed by atoms with Crippen molar-refractivity contribution in [3.05, 3.63) is 95.3 Å². The van der Waals surface area contributed by atoms with Gasteiger partial charge in [-0.25, -0.2) is 8.78 Å². The third-order valence-electron chi connectivity index (χ3n) is 3.75. The first-order chi connectivity index (χ1) is 13.0. The molecule has 0 radical (unpaired) electrons. The van der Waals surface area contributed by atoms with E-state index in [-0.39, 0.29) is 17.8 Å². The minimum Gasteiger partial charge on any atom is -0.347 e. The number of nitrogens with one attached hydrogen (secondary N) is 2. The molecule has 0 saturated heterocycles. The molecule has 0 atom stereocenters. The predicted molar refractivity (Wildman–Crippen MR) is 96.2 cm³/mol. The average Bonchev–Trinajstić information content (AvgIpc) is 2.69. The number of nitrogens with zero attached hydrogens (tertiary/aromatic N) is 1. The van der Waals surface area contributed by atoms with Gasteiger partial charge < -0.3 is 10.6 Å². The van der Waals surface area contributed by atoms with Crippen LogP contribution in [-0.2, 0) is 6.54 Å². The van der Waals surface area contributed by atoms with E-state index >= 15 is 0 Å². The monoisotopic (exact) mass is 367 g/mol. The maximum absolute atomic E-state index is 13.6. The number of aromatic nitrogens is 1. The van der Waals surface area contributed by atoms with Gasteiger partial charge in [0, 0.05) is 29.6 Å². The lowest BCUT2D eigenvalue weighted by atomic mass is 10.2. The Labute approximate surface area is 154 Å². The summed E-state index contributed by atoms with van der Waals surface area (Å²) >= 11 is 0. The number of anilines is 1. The van der Waals surface area contributed by atoms with Gasteiger partial charge in [0.15, 0.2) is 0 Å². The van der Waals surface area contributed by atoms with Gasteiger partial charge in [-0.15, -0.1) is 0 Å². The molecule has 2 amide bonds. The van der Waals surface area contributed by atoms with Crippen molar-refractivity contribution in [1.82, 2.24) is 10.3 Å². The first kappa shape index (κ1) is 18.2. The molecule has 0 bridgehead atoms. The van der Waals surface area contributed by atoms with Gasteiger partial charge in [-0.05, 0) is 42.5 Å². The molecule has 0 aliphatic carbocycles. The molecule has 27 heavy (non-hydrogen) atoms. The number of hydrogen-bond acceptors (Lipinski definition) is 3. The van der Waals surface area contributed by atoms with E-state index in [2.05, 4.69) is 15.6 Å². The number of pyridine rings is 1. The Morgan fingerprint density at radius 2 is 1.67 bits per heavy atom. The second kappa shape index (κ2) is 8.18. The predicted octanol–water partition coefficient (Wildman–Crippen LogP) is 3.54. The lowest BCUT2D eigenvalue weighted by Crippen LogP contribution is -2.25. The highest BCUT2D eigenvalue weighted by Crippen LogP contribution is 2.11. The maximum Gasteiger partial charge on any atom is 0.270 e. The molecule has 7 heteroatoms. The summed E-state index contributed by atoms with van der Waals surface area (Å²) in [6.45, 7) is -0.000803. The summed E-state index contributed by atoms with van der Waals surface area (Å²) in [7, 11) is 0. The smallest absolute Gasteiger partial charge is 0.270 e. The number of rotatable bonds is 5. The fourth-order valence-corrected chi connectivity index (χ4v) is 2.34. The number of amides is 2. The molecule has 1 aromatic heterocycles. The summed E-state index contributed by atoms with van der Waals surface area (Å²) in [6.07, 6.45) is 1.33. The summed E-state index contributed by atoms with van der Waals surface area (Å²) in [5.41, 5.74) is 1.00. The molecular formula is C20H15F2N3O2. The Balaban J connectivity index is 1.67. The van der Waals surface area contributed by atoms with Crippen molar-refractivity contribution >= 4 is 17.5 Å². The average molecular weight is 367 g/mol. The van der Waals surface area contributed by atoms with Gasteiger partial charge in [0.25, 0.3) is 11.8 Å². The molecule has 1 heterocycles. The van der Waals surface area contributed by atoms with Crippen LogP contribution in [0.25, 0.3) is 0 Å². The molecule has 3 rings (SSSR count). The van der Waals surface area contributed by atoms with Crippen LogP contribution < -0.4 is 10.6 Å². The van der Waals surface area contributed by atoms with Gasteiger partial charge in [-0.3, -0.25) is 14.6 Å². The van der Waals surface area contributed by atoms with Crippen LogP contribution in [0.4, 0.5) is 14.5 Å². The van der Waals surface area contributed by atoms with Gasteiger partial charge in [-0.2, -0.15) is 0 Å². The topological polar surface area (TPSA) is 71.1 Å². The fourth-order valence-electron chi connectivity index (χ4n) is 2.34. The van der Waals surface area contributed by atoms with Crippen LogP contribution in [0.2, 0.25) is 0 Å². The van der Waals surface area contributed by atoms with E-state index in [4.69, 9.17) is 0 Å². The molecule has 0 fully saturated rings. The van der Waals surface area contributed by atoms with Crippen molar-refractivity contribution in [3.63, 3.8) is 0 Å². The molecule has 2 N–H and O–H groups in total. The zero-order valence-electron chi connectivity index (χ0n) is 14.1. The SMILES string of the molecule is O=C(Nc1ccc(F)cc1)c1ccnc(C(=O)NCc2ccccc2F)c1. The van der Waals surface area contributed by atoms with E-state index in [0.717, 1.165) is 0 Å². The normalized spacial score (nSPS) is 10.3.